The van der Waals surface area contributed by atoms with Crippen molar-refractivity contribution in [3.63, 3.8) is 0 Å². The van der Waals surface area contributed by atoms with Crippen LogP contribution in [0.15, 0.2) is 48.5 Å². The number of carbonyl (C=O) groups excluding carboxylic acids is 2. The van der Waals surface area contributed by atoms with Gasteiger partial charge in [0.1, 0.15) is 17.2 Å². The highest BCUT2D eigenvalue weighted by Crippen LogP contribution is 2.19. The highest BCUT2D eigenvalue weighted by Gasteiger charge is 2.29. The summed E-state index contributed by atoms with van der Waals surface area (Å²) in [7, 11) is 0. The first kappa shape index (κ1) is 34.3. The minimum Gasteiger partial charge on any atom is -0.494 e. The zero-order valence-corrected chi connectivity index (χ0v) is 26.2. The van der Waals surface area contributed by atoms with Gasteiger partial charge in [-0.25, -0.2) is 4.79 Å². The monoisotopic (exact) mass is 644 g/mol. The number of aromatic nitrogens is 3. The SMILES string of the molecule is CC(C)(C)OC(=O)N1CCCCOc2ccc(cc2)CNc2nc(nc(OCC(F)(F)F)n2)Cc2ccc(cc2)C(=O)NCCC1. The number of nitrogens with one attached hydrogen (secondary N) is 2. The quantitative estimate of drug-likeness (QED) is 0.369. The van der Waals surface area contributed by atoms with Gasteiger partial charge < -0.3 is 29.7 Å². The molecule has 6 rings (SSSR count). The summed E-state index contributed by atoms with van der Waals surface area (Å²) in [5.41, 5.74) is 1.38. The maximum Gasteiger partial charge on any atom is 0.422 e. The molecule has 0 saturated heterocycles. The van der Waals surface area contributed by atoms with Crippen molar-refractivity contribution in [1.29, 1.82) is 0 Å². The minimum atomic E-state index is -4.56. The van der Waals surface area contributed by atoms with E-state index in [2.05, 4.69) is 25.6 Å². The average Bonchev–Trinajstić information content (AvgIpc) is 2.99. The van der Waals surface area contributed by atoms with Crippen LogP contribution in [0.1, 0.15) is 67.3 Å². The number of anilines is 1. The summed E-state index contributed by atoms with van der Waals surface area (Å²) in [6, 6.07) is 13.6. The van der Waals surface area contributed by atoms with Gasteiger partial charge >= 0.3 is 18.3 Å². The van der Waals surface area contributed by atoms with Gasteiger partial charge in [-0.2, -0.15) is 28.1 Å². The molecule has 2 amide bonds. The lowest BCUT2D eigenvalue weighted by atomic mass is 10.1. The number of fused-ring (bicyclic) bond motifs is 2. The molecular weight excluding hydrogens is 605 g/mol. The van der Waals surface area contributed by atoms with Gasteiger partial charge in [0.25, 0.3) is 5.91 Å². The summed E-state index contributed by atoms with van der Waals surface area (Å²) in [6.45, 7) is 5.89. The minimum absolute atomic E-state index is 0.0597. The first-order valence-corrected chi connectivity index (χ1v) is 15.1. The summed E-state index contributed by atoms with van der Waals surface area (Å²) in [4.78, 5) is 39.7. The second kappa shape index (κ2) is 15.6. The fourth-order valence-corrected chi connectivity index (χ4v) is 4.40. The topological polar surface area (TPSA) is 128 Å². The van der Waals surface area contributed by atoms with E-state index in [1.807, 2.05) is 45.0 Å². The van der Waals surface area contributed by atoms with E-state index in [-0.39, 0.29) is 30.6 Å². The number of hydrogen-bond donors (Lipinski definition) is 2. The van der Waals surface area contributed by atoms with Gasteiger partial charge in [-0.15, -0.1) is 0 Å². The van der Waals surface area contributed by atoms with Crippen molar-refractivity contribution in [3.05, 3.63) is 71.0 Å². The molecule has 0 spiro atoms. The van der Waals surface area contributed by atoms with E-state index >= 15 is 0 Å². The van der Waals surface area contributed by atoms with Crippen LogP contribution in [0.25, 0.3) is 0 Å². The normalized spacial score (nSPS) is 15.5. The van der Waals surface area contributed by atoms with Crippen molar-refractivity contribution in [1.82, 2.24) is 25.2 Å². The van der Waals surface area contributed by atoms with Crippen molar-refractivity contribution in [2.75, 3.05) is 38.2 Å². The van der Waals surface area contributed by atoms with Gasteiger partial charge in [0.15, 0.2) is 6.61 Å². The maximum atomic E-state index is 12.8. The highest BCUT2D eigenvalue weighted by molar-refractivity contribution is 5.94. The summed E-state index contributed by atoms with van der Waals surface area (Å²) in [5, 5.41) is 5.89. The van der Waals surface area contributed by atoms with E-state index in [4.69, 9.17) is 14.2 Å². The zero-order chi connectivity index (χ0) is 33.2. The van der Waals surface area contributed by atoms with E-state index < -0.39 is 30.5 Å². The fraction of sp³-hybridized carbons (Fsp3) is 0.469. The van der Waals surface area contributed by atoms with Crippen LogP contribution < -0.4 is 20.1 Å². The summed E-state index contributed by atoms with van der Waals surface area (Å²) in [6.07, 6.45) is -2.87. The van der Waals surface area contributed by atoms with Crippen LogP contribution >= 0.6 is 0 Å². The molecule has 0 fully saturated rings. The highest BCUT2D eigenvalue weighted by atomic mass is 19.4. The second-order valence-corrected chi connectivity index (χ2v) is 11.8. The Morgan fingerprint density at radius 1 is 0.913 bits per heavy atom. The standard InChI is InChI=1S/C32H39F3N6O5/c1-31(2,3)46-30(43)41-16-4-5-18-44-25-13-9-23(10-14-25)20-37-28-38-26(39-29(40-28)45-21-32(33,34)35)19-22-7-11-24(12-8-22)27(42)36-15-6-17-41/h7-14H,4-6,15-21H2,1-3H3,(H,36,42)(H,37,38,39,40). The number of ether oxygens (including phenoxy) is 3. The molecule has 6 bridgehead atoms. The van der Waals surface area contributed by atoms with Crippen LogP contribution in [0, 0.1) is 0 Å². The molecule has 3 aliphatic rings. The number of hydrogen-bond acceptors (Lipinski definition) is 9. The zero-order valence-electron chi connectivity index (χ0n) is 26.2. The van der Waals surface area contributed by atoms with Gasteiger partial charge in [-0.1, -0.05) is 24.3 Å². The molecule has 0 aliphatic carbocycles. The largest absolute Gasteiger partial charge is 0.494 e. The number of carbonyl (C=O) groups is 2. The lowest BCUT2D eigenvalue weighted by molar-refractivity contribution is -0.154. The van der Waals surface area contributed by atoms with Gasteiger partial charge in [0.2, 0.25) is 5.95 Å². The molecule has 3 aliphatic heterocycles. The van der Waals surface area contributed by atoms with Gasteiger partial charge in [0, 0.05) is 38.2 Å². The molecule has 11 nitrogen and oxygen atoms in total. The van der Waals surface area contributed by atoms with Crippen LogP contribution in [0.4, 0.5) is 23.9 Å². The summed E-state index contributed by atoms with van der Waals surface area (Å²) >= 11 is 0. The molecule has 3 aromatic rings. The number of alkyl halides is 3. The molecule has 14 heteroatoms. The second-order valence-electron chi connectivity index (χ2n) is 11.8. The third kappa shape index (κ3) is 11.7. The van der Waals surface area contributed by atoms with Crippen LogP contribution in [-0.4, -0.2) is 76.5 Å². The Hall–Kier alpha value is -4.62. The fourth-order valence-electron chi connectivity index (χ4n) is 4.40. The van der Waals surface area contributed by atoms with E-state index in [9.17, 15) is 22.8 Å². The third-order valence-corrected chi connectivity index (χ3v) is 6.61. The molecule has 4 heterocycles. The number of benzene rings is 2. The smallest absolute Gasteiger partial charge is 0.422 e. The number of rotatable bonds is 2. The molecule has 0 radical (unpaired) electrons. The number of halogens is 3. The first-order chi connectivity index (χ1) is 21.8. The third-order valence-electron chi connectivity index (χ3n) is 6.61. The Bertz CT molecular complexity index is 1450. The van der Waals surface area contributed by atoms with Gasteiger partial charge in [0.05, 0.1) is 6.61 Å². The molecule has 2 N–H and O–H groups in total. The van der Waals surface area contributed by atoms with E-state index in [0.29, 0.717) is 56.8 Å². The number of nitrogens with zero attached hydrogens (tertiary/aromatic N) is 4. The Balaban J connectivity index is 1.51. The molecule has 46 heavy (non-hydrogen) atoms. The summed E-state index contributed by atoms with van der Waals surface area (Å²) < 4.78 is 54.7. The van der Waals surface area contributed by atoms with Gasteiger partial charge in [-0.3, -0.25) is 4.79 Å². The van der Waals surface area contributed by atoms with E-state index in [1.165, 1.54) is 0 Å². The Morgan fingerprint density at radius 3 is 2.30 bits per heavy atom. The van der Waals surface area contributed by atoms with Crippen molar-refractivity contribution in [2.45, 2.75) is 64.8 Å². The Morgan fingerprint density at radius 2 is 1.61 bits per heavy atom. The molecule has 2 aromatic carbocycles. The molecule has 0 unspecified atom stereocenters. The lowest BCUT2D eigenvalue weighted by Gasteiger charge is -2.27. The first-order valence-electron chi connectivity index (χ1n) is 15.1. The number of amides is 2. The predicted octanol–water partition coefficient (Wildman–Crippen LogP) is 5.55. The molecule has 248 valence electrons. The Labute approximate surface area is 265 Å². The van der Waals surface area contributed by atoms with Crippen LogP contribution in [0.3, 0.4) is 0 Å². The molecular formula is C32H39F3N6O5. The molecule has 0 atom stereocenters. The average molecular weight is 645 g/mol. The molecule has 0 saturated carbocycles. The predicted molar refractivity (Wildman–Crippen MR) is 164 cm³/mol. The van der Waals surface area contributed by atoms with Crippen molar-refractivity contribution in [2.24, 2.45) is 0 Å². The molecule has 1 aromatic heterocycles. The van der Waals surface area contributed by atoms with Crippen molar-refractivity contribution in [3.8, 4) is 11.8 Å². The van der Waals surface area contributed by atoms with E-state index in [1.54, 1.807) is 29.2 Å². The van der Waals surface area contributed by atoms with E-state index in [0.717, 1.165) is 11.1 Å². The van der Waals surface area contributed by atoms with Crippen LogP contribution in [-0.2, 0) is 17.7 Å². The van der Waals surface area contributed by atoms with Crippen molar-refractivity contribution < 1.29 is 37.0 Å². The van der Waals surface area contributed by atoms with Crippen molar-refractivity contribution >= 4 is 17.9 Å². The van der Waals surface area contributed by atoms with Gasteiger partial charge in [-0.05, 0) is 75.4 Å². The summed E-state index contributed by atoms with van der Waals surface area (Å²) in [5.74, 6) is 0.643. The maximum absolute atomic E-state index is 12.8. The lowest BCUT2D eigenvalue weighted by Crippen LogP contribution is -2.39. The van der Waals surface area contributed by atoms with Crippen LogP contribution in [0.2, 0.25) is 0 Å². The Kier molecular flexibility index (Phi) is 11.6. The van der Waals surface area contributed by atoms with Crippen LogP contribution in [0.5, 0.6) is 11.8 Å².